The Balaban J connectivity index is 2.48. The molecule has 1 fully saturated rings. The lowest BCUT2D eigenvalue weighted by Gasteiger charge is -2.29. The van der Waals surface area contributed by atoms with Crippen molar-refractivity contribution in [3.63, 3.8) is 0 Å². The lowest BCUT2D eigenvalue weighted by Crippen LogP contribution is -2.46. The van der Waals surface area contributed by atoms with Crippen molar-refractivity contribution in [2.24, 2.45) is 0 Å². The highest BCUT2D eigenvalue weighted by Crippen LogP contribution is 2.35. The maximum absolute atomic E-state index is 12.7. The SMILES string of the molecule is C[C@@]1(C=O)CCCN1S(=O)(=O)c1cccc(C(F)(F)F)c1. The zero-order chi connectivity index (χ0) is 15.9. The van der Waals surface area contributed by atoms with Gasteiger partial charge in [-0.1, -0.05) is 6.07 Å². The van der Waals surface area contributed by atoms with Gasteiger partial charge in [0, 0.05) is 6.54 Å². The van der Waals surface area contributed by atoms with Crippen LogP contribution in [0.5, 0.6) is 0 Å². The van der Waals surface area contributed by atoms with Crippen molar-refractivity contribution in [1.82, 2.24) is 4.31 Å². The van der Waals surface area contributed by atoms with Crippen molar-refractivity contribution in [3.8, 4) is 0 Å². The first kappa shape index (κ1) is 16.0. The van der Waals surface area contributed by atoms with Gasteiger partial charge in [-0.25, -0.2) is 8.42 Å². The number of carbonyl (C=O) groups is 1. The molecule has 0 N–H and O–H groups in total. The van der Waals surface area contributed by atoms with Gasteiger partial charge in [-0.05, 0) is 38.0 Å². The van der Waals surface area contributed by atoms with E-state index < -0.39 is 32.2 Å². The lowest BCUT2D eigenvalue weighted by atomic mass is 10.0. The Bertz CT molecular complexity index is 657. The third-order valence-corrected chi connectivity index (χ3v) is 5.65. The molecule has 8 heteroatoms. The first-order valence-corrected chi connectivity index (χ1v) is 7.72. The van der Waals surface area contributed by atoms with Crippen LogP contribution in [0.2, 0.25) is 0 Å². The molecule has 1 aromatic rings. The van der Waals surface area contributed by atoms with Gasteiger partial charge in [0.15, 0.2) is 0 Å². The Hall–Kier alpha value is -1.41. The molecular formula is C13H14F3NO3S. The van der Waals surface area contributed by atoms with E-state index in [4.69, 9.17) is 0 Å². The van der Waals surface area contributed by atoms with Crippen molar-refractivity contribution in [3.05, 3.63) is 29.8 Å². The van der Waals surface area contributed by atoms with Gasteiger partial charge in [0.25, 0.3) is 0 Å². The molecule has 21 heavy (non-hydrogen) atoms. The molecule has 0 aliphatic carbocycles. The van der Waals surface area contributed by atoms with E-state index in [1.807, 2.05) is 0 Å². The van der Waals surface area contributed by atoms with E-state index in [1.54, 1.807) is 0 Å². The Morgan fingerprint density at radius 1 is 1.33 bits per heavy atom. The molecule has 1 aliphatic heterocycles. The topological polar surface area (TPSA) is 54.5 Å². The molecule has 4 nitrogen and oxygen atoms in total. The monoisotopic (exact) mass is 321 g/mol. The van der Waals surface area contributed by atoms with Gasteiger partial charge in [-0.2, -0.15) is 17.5 Å². The highest BCUT2D eigenvalue weighted by Gasteiger charge is 2.44. The summed E-state index contributed by atoms with van der Waals surface area (Å²) in [5.41, 5.74) is -2.23. The first-order valence-electron chi connectivity index (χ1n) is 6.28. The van der Waals surface area contributed by atoms with Gasteiger partial charge in [0.1, 0.15) is 6.29 Å². The predicted octanol–water partition coefficient (Wildman–Crippen LogP) is 2.45. The highest BCUT2D eigenvalue weighted by molar-refractivity contribution is 7.89. The minimum absolute atomic E-state index is 0.119. The van der Waals surface area contributed by atoms with Crippen LogP contribution in [0.15, 0.2) is 29.2 Å². The largest absolute Gasteiger partial charge is 0.416 e. The second kappa shape index (κ2) is 5.10. The van der Waals surface area contributed by atoms with Crippen LogP contribution >= 0.6 is 0 Å². The molecule has 2 rings (SSSR count). The Morgan fingerprint density at radius 2 is 2.00 bits per heavy atom. The number of rotatable bonds is 3. The van der Waals surface area contributed by atoms with E-state index in [1.165, 1.54) is 6.92 Å². The first-order chi connectivity index (χ1) is 9.61. The molecule has 0 amide bonds. The number of benzene rings is 1. The van der Waals surface area contributed by atoms with Crippen molar-refractivity contribution >= 4 is 16.3 Å². The fourth-order valence-electron chi connectivity index (χ4n) is 2.43. The van der Waals surface area contributed by atoms with Crippen molar-refractivity contribution in [2.45, 2.75) is 36.4 Å². The second-order valence-electron chi connectivity index (χ2n) is 5.18. The third-order valence-electron chi connectivity index (χ3n) is 3.62. The summed E-state index contributed by atoms with van der Waals surface area (Å²) in [4.78, 5) is 10.7. The van der Waals surface area contributed by atoms with Crippen LogP contribution in [-0.2, 0) is 21.0 Å². The van der Waals surface area contributed by atoms with Crippen LogP contribution in [0.1, 0.15) is 25.3 Å². The van der Waals surface area contributed by atoms with Gasteiger partial charge in [-0.15, -0.1) is 0 Å². The fraction of sp³-hybridized carbons (Fsp3) is 0.462. The molecule has 116 valence electrons. The molecule has 1 atom stereocenters. The number of hydrogen-bond acceptors (Lipinski definition) is 3. The summed E-state index contributed by atoms with van der Waals surface area (Å²) in [6.07, 6.45) is -3.24. The number of hydrogen-bond donors (Lipinski definition) is 0. The quantitative estimate of drug-likeness (QED) is 0.804. The maximum atomic E-state index is 12.7. The number of alkyl halides is 3. The molecule has 0 bridgehead atoms. The van der Waals surface area contributed by atoms with E-state index in [0.29, 0.717) is 25.2 Å². The van der Waals surface area contributed by atoms with Crippen molar-refractivity contribution in [2.75, 3.05) is 6.54 Å². The molecule has 0 saturated carbocycles. The van der Waals surface area contributed by atoms with Crippen LogP contribution in [0.4, 0.5) is 13.2 Å². The molecule has 0 unspecified atom stereocenters. The van der Waals surface area contributed by atoms with Gasteiger partial charge < -0.3 is 4.79 Å². The summed E-state index contributed by atoms with van der Waals surface area (Å²) in [6.45, 7) is 1.59. The molecular weight excluding hydrogens is 307 g/mol. The van der Waals surface area contributed by atoms with Crippen LogP contribution < -0.4 is 0 Å². The Morgan fingerprint density at radius 3 is 2.57 bits per heavy atom. The standard InChI is InChI=1S/C13H14F3NO3S/c1-12(9-18)6-3-7-17(12)21(19,20)11-5-2-4-10(8-11)13(14,15)16/h2,4-5,8-9H,3,6-7H2,1H3/t12-/m0/s1. The zero-order valence-electron chi connectivity index (χ0n) is 11.2. The summed E-state index contributed by atoms with van der Waals surface area (Å²) in [6, 6.07) is 3.55. The summed E-state index contributed by atoms with van der Waals surface area (Å²) in [5, 5.41) is 0. The van der Waals surface area contributed by atoms with Gasteiger partial charge >= 0.3 is 6.18 Å². The minimum Gasteiger partial charge on any atom is -0.301 e. The minimum atomic E-state index is -4.62. The van der Waals surface area contributed by atoms with Crippen molar-refractivity contribution in [1.29, 1.82) is 0 Å². The number of aldehydes is 1. The average Bonchev–Trinajstić information content (AvgIpc) is 2.81. The predicted molar refractivity (Wildman–Crippen MR) is 69.0 cm³/mol. The van der Waals surface area contributed by atoms with E-state index >= 15 is 0 Å². The molecule has 1 aromatic carbocycles. The average molecular weight is 321 g/mol. The molecule has 1 aliphatic rings. The van der Waals surface area contributed by atoms with Crippen LogP contribution in [0.25, 0.3) is 0 Å². The fourth-order valence-corrected chi connectivity index (χ4v) is 4.27. The van der Waals surface area contributed by atoms with Crippen molar-refractivity contribution < 1.29 is 26.4 Å². The van der Waals surface area contributed by atoms with Gasteiger partial charge in [-0.3, -0.25) is 0 Å². The second-order valence-corrected chi connectivity index (χ2v) is 7.04. The van der Waals surface area contributed by atoms with Crippen LogP contribution in [-0.4, -0.2) is 31.1 Å². The summed E-state index contributed by atoms with van der Waals surface area (Å²) >= 11 is 0. The number of carbonyl (C=O) groups excluding carboxylic acids is 1. The highest BCUT2D eigenvalue weighted by atomic mass is 32.2. The van der Waals surface area contributed by atoms with E-state index in [2.05, 4.69) is 0 Å². The van der Waals surface area contributed by atoms with E-state index in [9.17, 15) is 26.4 Å². The maximum Gasteiger partial charge on any atom is 0.416 e. The number of nitrogens with zero attached hydrogens (tertiary/aromatic N) is 1. The summed E-state index contributed by atoms with van der Waals surface area (Å²) in [7, 11) is -4.14. The van der Waals surface area contributed by atoms with E-state index in [0.717, 1.165) is 22.5 Å². The van der Waals surface area contributed by atoms with Gasteiger partial charge in [0.2, 0.25) is 10.0 Å². The number of sulfonamides is 1. The lowest BCUT2D eigenvalue weighted by molar-refractivity contribution is -0.137. The molecule has 1 saturated heterocycles. The number of halogens is 3. The zero-order valence-corrected chi connectivity index (χ0v) is 12.0. The van der Waals surface area contributed by atoms with Crippen LogP contribution in [0, 0.1) is 0 Å². The van der Waals surface area contributed by atoms with Gasteiger partial charge in [0.05, 0.1) is 16.0 Å². The van der Waals surface area contributed by atoms with E-state index in [-0.39, 0.29) is 6.54 Å². The molecule has 0 radical (unpaired) electrons. The smallest absolute Gasteiger partial charge is 0.301 e. The Kier molecular flexibility index (Phi) is 3.88. The summed E-state index contributed by atoms with van der Waals surface area (Å²) in [5.74, 6) is 0. The Labute approximate surface area is 120 Å². The van der Waals surface area contributed by atoms with Crippen LogP contribution in [0.3, 0.4) is 0 Å². The summed E-state index contributed by atoms with van der Waals surface area (Å²) < 4.78 is 64.0. The normalized spacial score (nSPS) is 24.2. The molecule has 0 spiro atoms. The molecule has 1 heterocycles. The third kappa shape index (κ3) is 2.82. The molecule has 0 aromatic heterocycles.